The van der Waals surface area contributed by atoms with Crippen LogP contribution < -0.4 is 5.56 Å². The Morgan fingerprint density at radius 2 is 2.00 bits per heavy atom. The molecule has 0 aliphatic rings. The monoisotopic (exact) mass is 340 g/mol. The molecule has 0 atom stereocenters. The minimum atomic E-state index is -0.102. The summed E-state index contributed by atoms with van der Waals surface area (Å²) >= 11 is 5.94. The van der Waals surface area contributed by atoms with Crippen molar-refractivity contribution < 1.29 is 4.52 Å². The number of aromatic nitrogens is 4. The maximum atomic E-state index is 12.0. The maximum Gasteiger partial charge on any atom is 0.259 e. The summed E-state index contributed by atoms with van der Waals surface area (Å²) in [5.41, 5.74) is 3.18. The summed E-state index contributed by atoms with van der Waals surface area (Å²) < 4.78 is 8.53. The molecule has 0 bridgehead atoms. The van der Waals surface area contributed by atoms with Crippen molar-refractivity contribution in [3.8, 4) is 11.1 Å². The van der Waals surface area contributed by atoms with Crippen molar-refractivity contribution in [3.05, 3.63) is 75.8 Å². The summed E-state index contributed by atoms with van der Waals surface area (Å²) in [4.78, 5) is 16.4. The molecule has 1 aromatic carbocycles. The Bertz CT molecular complexity index is 1080. The fourth-order valence-electron chi connectivity index (χ4n) is 2.67. The summed E-state index contributed by atoms with van der Waals surface area (Å²) in [6.07, 6.45) is 5.12. The van der Waals surface area contributed by atoms with Crippen molar-refractivity contribution in [2.75, 3.05) is 0 Å². The molecule has 0 aliphatic heterocycles. The van der Waals surface area contributed by atoms with Gasteiger partial charge in [-0.15, -0.1) is 0 Å². The summed E-state index contributed by atoms with van der Waals surface area (Å²) in [7, 11) is 0. The van der Waals surface area contributed by atoms with Gasteiger partial charge in [0.15, 0.2) is 0 Å². The van der Waals surface area contributed by atoms with Crippen LogP contribution in [0.3, 0.4) is 0 Å². The molecular formula is C17H13ClN4O2. The van der Waals surface area contributed by atoms with Crippen LogP contribution in [0, 0.1) is 6.92 Å². The van der Waals surface area contributed by atoms with Crippen molar-refractivity contribution in [2.24, 2.45) is 0 Å². The van der Waals surface area contributed by atoms with E-state index in [2.05, 4.69) is 10.1 Å². The van der Waals surface area contributed by atoms with E-state index in [1.165, 1.54) is 10.5 Å². The van der Waals surface area contributed by atoms with Crippen molar-refractivity contribution in [1.29, 1.82) is 0 Å². The van der Waals surface area contributed by atoms with Crippen molar-refractivity contribution in [2.45, 2.75) is 13.5 Å². The molecule has 0 saturated heterocycles. The molecular weight excluding hydrogens is 328 g/mol. The zero-order valence-electron chi connectivity index (χ0n) is 12.8. The van der Waals surface area contributed by atoms with E-state index in [0.717, 1.165) is 16.8 Å². The molecule has 0 amide bonds. The van der Waals surface area contributed by atoms with Gasteiger partial charge in [-0.2, -0.15) is 0 Å². The van der Waals surface area contributed by atoms with Crippen LogP contribution in [0.4, 0.5) is 0 Å². The van der Waals surface area contributed by atoms with Crippen LogP contribution in [0.5, 0.6) is 0 Å². The molecule has 0 unspecified atom stereocenters. The summed E-state index contributed by atoms with van der Waals surface area (Å²) in [5.74, 6) is 0.574. The fraction of sp³-hybridized carbons (Fsp3) is 0.118. The van der Waals surface area contributed by atoms with E-state index >= 15 is 0 Å². The smallest absolute Gasteiger partial charge is 0.259 e. The lowest BCUT2D eigenvalue weighted by Crippen LogP contribution is -2.14. The van der Waals surface area contributed by atoms with E-state index in [1.54, 1.807) is 19.4 Å². The predicted molar refractivity (Wildman–Crippen MR) is 90.2 cm³/mol. The second-order valence-electron chi connectivity index (χ2n) is 5.51. The number of fused-ring (bicyclic) bond motifs is 1. The average molecular weight is 341 g/mol. The number of rotatable bonds is 3. The molecule has 120 valence electrons. The van der Waals surface area contributed by atoms with Crippen LogP contribution >= 0.6 is 11.6 Å². The number of imidazole rings is 1. The number of hydrogen-bond donors (Lipinski definition) is 0. The normalized spacial score (nSPS) is 11.2. The fourth-order valence-corrected chi connectivity index (χ4v) is 2.80. The zero-order valence-corrected chi connectivity index (χ0v) is 13.6. The Kier molecular flexibility index (Phi) is 3.46. The van der Waals surface area contributed by atoms with Gasteiger partial charge in [0.2, 0.25) is 5.78 Å². The van der Waals surface area contributed by atoms with E-state index in [9.17, 15) is 4.79 Å². The summed E-state index contributed by atoms with van der Waals surface area (Å²) in [6.45, 7) is 2.24. The maximum absolute atomic E-state index is 12.0. The number of nitrogens with zero attached hydrogens (tertiary/aromatic N) is 4. The van der Waals surface area contributed by atoms with Gasteiger partial charge in [0.25, 0.3) is 5.56 Å². The molecule has 3 aromatic heterocycles. The predicted octanol–water partition coefficient (Wildman–Crippen LogP) is 3.16. The first-order valence-corrected chi connectivity index (χ1v) is 7.74. The first-order chi connectivity index (χ1) is 11.6. The van der Waals surface area contributed by atoms with E-state index in [4.69, 9.17) is 16.1 Å². The first-order valence-electron chi connectivity index (χ1n) is 7.36. The molecule has 24 heavy (non-hydrogen) atoms. The first kappa shape index (κ1) is 14.7. The number of hydrogen-bond acceptors (Lipinski definition) is 4. The van der Waals surface area contributed by atoms with Crippen LogP contribution in [0.15, 0.2) is 58.3 Å². The second kappa shape index (κ2) is 5.65. The lowest BCUT2D eigenvalue weighted by Gasteiger charge is -2.05. The molecule has 4 aromatic rings. The molecule has 0 saturated carbocycles. The highest BCUT2D eigenvalue weighted by Gasteiger charge is 2.13. The van der Waals surface area contributed by atoms with Gasteiger partial charge in [-0.25, -0.2) is 4.98 Å². The van der Waals surface area contributed by atoms with E-state index in [1.807, 2.05) is 35.0 Å². The Hall–Kier alpha value is -2.86. The number of halogens is 1. The molecule has 7 heteroatoms. The van der Waals surface area contributed by atoms with Gasteiger partial charge >= 0.3 is 0 Å². The van der Waals surface area contributed by atoms with Gasteiger partial charge in [-0.05, 0) is 24.6 Å². The summed E-state index contributed by atoms with van der Waals surface area (Å²) in [5, 5.41) is 4.77. The molecule has 3 heterocycles. The SMILES string of the molecule is Cc1cc(=O)n2ccn(Cc3nocc3-c3ccc(Cl)cc3)c2n1. The van der Waals surface area contributed by atoms with E-state index in [-0.39, 0.29) is 5.56 Å². The van der Waals surface area contributed by atoms with Gasteiger partial charge in [0.1, 0.15) is 12.0 Å². The van der Waals surface area contributed by atoms with Crippen LogP contribution in [0.2, 0.25) is 5.02 Å². The standard InChI is InChI=1S/C17H13ClN4O2/c1-11-8-16(23)22-7-6-21(17(22)19-11)9-15-14(10-24-20-15)12-2-4-13(18)5-3-12/h2-8,10H,9H2,1H3. The third kappa shape index (κ3) is 2.51. The topological polar surface area (TPSA) is 65.3 Å². The zero-order chi connectivity index (χ0) is 16.7. The van der Waals surface area contributed by atoms with Crippen molar-refractivity contribution >= 4 is 17.4 Å². The highest BCUT2D eigenvalue weighted by Crippen LogP contribution is 2.25. The van der Waals surface area contributed by atoms with Gasteiger partial charge in [-0.3, -0.25) is 9.20 Å². The van der Waals surface area contributed by atoms with Gasteiger partial charge in [0, 0.05) is 34.7 Å². The van der Waals surface area contributed by atoms with Gasteiger partial charge in [-0.1, -0.05) is 28.9 Å². The van der Waals surface area contributed by atoms with Crippen LogP contribution in [0.25, 0.3) is 16.9 Å². The lowest BCUT2D eigenvalue weighted by molar-refractivity contribution is 0.410. The van der Waals surface area contributed by atoms with Gasteiger partial charge in [0.05, 0.1) is 6.54 Å². The highest BCUT2D eigenvalue weighted by atomic mass is 35.5. The van der Waals surface area contributed by atoms with Crippen LogP contribution in [-0.4, -0.2) is 19.1 Å². The molecule has 0 aliphatic carbocycles. The summed E-state index contributed by atoms with van der Waals surface area (Å²) in [6, 6.07) is 8.98. The third-order valence-corrected chi connectivity index (χ3v) is 4.09. The van der Waals surface area contributed by atoms with Crippen LogP contribution in [0.1, 0.15) is 11.4 Å². The highest BCUT2D eigenvalue weighted by molar-refractivity contribution is 6.30. The minimum absolute atomic E-state index is 0.102. The molecule has 0 spiro atoms. The molecule has 6 nitrogen and oxygen atoms in total. The van der Waals surface area contributed by atoms with Crippen molar-refractivity contribution in [1.82, 2.24) is 19.1 Å². The minimum Gasteiger partial charge on any atom is -0.364 e. The number of benzene rings is 1. The Morgan fingerprint density at radius 1 is 1.21 bits per heavy atom. The van der Waals surface area contributed by atoms with E-state index < -0.39 is 0 Å². The quantitative estimate of drug-likeness (QED) is 0.574. The van der Waals surface area contributed by atoms with Gasteiger partial charge < -0.3 is 9.09 Å². The molecule has 0 N–H and O–H groups in total. The largest absolute Gasteiger partial charge is 0.364 e. The Balaban J connectivity index is 1.76. The molecule has 0 fully saturated rings. The lowest BCUT2D eigenvalue weighted by atomic mass is 10.1. The Morgan fingerprint density at radius 3 is 2.79 bits per heavy atom. The van der Waals surface area contributed by atoms with Crippen molar-refractivity contribution in [3.63, 3.8) is 0 Å². The number of aryl methyl sites for hydroxylation is 1. The third-order valence-electron chi connectivity index (χ3n) is 3.83. The molecule has 0 radical (unpaired) electrons. The second-order valence-corrected chi connectivity index (χ2v) is 5.95. The van der Waals surface area contributed by atoms with Crippen LogP contribution in [-0.2, 0) is 6.54 Å². The Labute approximate surface area is 141 Å². The molecule has 4 rings (SSSR count). The van der Waals surface area contributed by atoms with E-state index in [0.29, 0.717) is 23.0 Å². The average Bonchev–Trinajstić information content (AvgIpc) is 3.16.